The van der Waals surface area contributed by atoms with Crippen LogP contribution in [0.5, 0.6) is 0 Å². The maximum Gasteiger partial charge on any atom is 0.0910 e. The van der Waals surface area contributed by atoms with E-state index in [1.165, 1.54) is 22.3 Å². The molecule has 2 aliphatic rings. The van der Waals surface area contributed by atoms with E-state index >= 15 is 0 Å². The fraction of sp³-hybridized carbons (Fsp3) is 0.205. The van der Waals surface area contributed by atoms with Crippen LogP contribution in [0.4, 0.5) is 0 Å². The summed E-state index contributed by atoms with van der Waals surface area (Å²) >= 11 is 0.194. The van der Waals surface area contributed by atoms with Crippen LogP contribution in [0.1, 0.15) is 82.5 Å². The van der Waals surface area contributed by atoms with Gasteiger partial charge in [-0.05, 0) is 72.9 Å². The molecule has 4 aromatic carbocycles. The molecule has 6 heteroatoms. The molecule has 0 bridgehead atoms. The van der Waals surface area contributed by atoms with Crippen LogP contribution < -0.4 is 0 Å². The topological polar surface area (TPSA) is 37.6 Å². The predicted molar refractivity (Wildman–Crippen MR) is 184 cm³/mol. The van der Waals surface area contributed by atoms with Gasteiger partial charge in [0.2, 0.25) is 0 Å². The number of aryl methyl sites for hydroxylation is 2. The number of halogens is 2. The van der Waals surface area contributed by atoms with Crippen LogP contribution in [-0.2, 0) is 26.0 Å². The van der Waals surface area contributed by atoms with E-state index in [0.717, 1.165) is 72.5 Å². The first-order valence-electron chi connectivity index (χ1n) is 15.5. The van der Waals surface area contributed by atoms with Gasteiger partial charge in [-0.1, -0.05) is 115 Å². The van der Waals surface area contributed by atoms with Crippen molar-refractivity contribution >= 4 is 31.6 Å². The van der Waals surface area contributed by atoms with Crippen LogP contribution in [0, 0.1) is 0 Å². The molecule has 0 saturated carbocycles. The van der Waals surface area contributed by atoms with Gasteiger partial charge in [-0.2, -0.15) is 0 Å². The molecule has 0 N–H and O–H groups in total. The third-order valence-corrected chi connectivity index (χ3v) is 8.57. The van der Waals surface area contributed by atoms with Gasteiger partial charge in [-0.15, -0.1) is 0 Å². The van der Waals surface area contributed by atoms with E-state index in [-0.39, 0.29) is 25.2 Å². The van der Waals surface area contributed by atoms with E-state index in [9.17, 15) is 0 Å². The Morgan fingerprint density at radius 3 is 1.38 bits per heavy atom. The smallest absolute Gasteiger partial charge is 0.0910 e. The molecule has 1 aromatic heterocycles. The largest absolute Gasteiger partial charge is 0.274 e. The van der Waals surface area contributed by atoms with Crippen molar-refractivity contribution in [3.8, 4) is 0 Å². The van der Waals surface area contributed by atoms with Crippen molar-refractivity contribution in [1.29, 1.82) is 0 Å². The number of hydrogen-bond donors (Lipinski definition) is 0. The summed E-state index contributed by atoms with van der Waals surface area (Å²) in [5, 5.41) is 0. The quantitative estimate of drug-likeness (QED) is 0.131. The number of benzene rings is 4. The van der Waals surface area contributed by atoms with E-state index in [0.29, 0.717) is 0 Å². The van der Waals surface area contributed by atoms with E-state index in [2.05, 4.69) is 127 Å². The molecule has 0 spiro atoms. The number of aromatic nitrogens is 1. The molecular formula is C39H35Cl2FeN3. The molecular weight excluding hydrogens is 637 g/mol. The Balaban J connectivity index is 0.00000115. The molecule has 0 aliphatic heterocycles. The van der Waals surface area contributed by atoms with Crippen molar-refractivity contribution in [2.24, 2.45) is 9.98 Å². The molecule has 2 unspecified atom stereocenters. The van der Waals surface area contributed by atoms with Crippen LogP contribution in [0.25, 0.3) is 0 Å². The summed E-state index contributed by atoms with van der Waals surface area (Å²) < 4.78 is 0. The minimum Gasteiger partial charge on any atom is -0.274 e. The van der Waals surface area contributed by atoms with Gasteiger partial charge in [0.15, 0.2) is 0 Å². The molecule has 3 nitrogen and oxygen atoms in total. The van der Waals surface area contributed by atoms with Crippen molar-refractivity contribution in [1.82, 2.24) is 4.98 Å². The molecule has 7 rings (SSSR count). The van der Waals surface area contributed by atoms with Crippen molar-refractivity contribution < 1.29 is 13.1 Å². The summed E-state index contributed by atoms with van der Waals surface area (Å²) in [4.78, 5) is 16.2. The van der Waals surface area contributed by atoms with E-state index in [4.69, 9.17) is 35.2 Å². The first-order valence-corrected chi connectivity index (χ1v) is 18.5. The first-order chi connectivity index (χ1) is 22.2. The fourth-order valence-corrected chi connectivity index (χ4v) is 6.50. The van der Waals surface area contributed by atoms with E-state index in [1.54, 1.807) is 0 Å². The van der Waals surface area contributed by atoms with Crippen LogP contribution in [0.15, 0.2) is 137 Å². The van der Waals surface area contributed by atoms with Crippen LogP contribution in [0.2, 0.25) is 0 Å². The summed E-state index contributed by atoms with van der Waals surface area (Å²) in [7, 11) is 9.53. The molecule has 2 aliphatic carbocycles. The SMILES string of the molecule is [Cl][Fe][Cl].c1ccc(C(=NC2CCCc3ccccc32)c2cccc(C(=NC3CCCc4ccccc43)c3ccccc3)n2)cc1. The summed E-state index contributed by atoms with van der Waals surface area (Å²) in [6.07, 6.45) is 6.63. The zero-order valence-electron chi connectivity index (χ0n) is 25.0. The van der Waals surface area contributed by atoms with Gasteiger partial charge in [0.1, 0.15) is 0 Å². The summed E-state index contributed by atoms with van der Waals surface area (Å²) in [6.45, 7) is 0. The van der Waals surface area contributed by atoms with Crippen LogP contribution in [0.3, 0.4) is 0 Å². The normalized spacial score (nSPS) is 17.9. The molecule has 5 aromatic rings. The van der Waals surface area contributed by atoms with E-state index < -0.39 is 0 Å². The minimum atomic E-state index is 0.122. The van der Waals surface area contributed by atoms with Crippen molar-refractivity contribution in [3.63, 3.8) is 0 Å². The van der Waals surface area contributed by atoms with Crippen LogP contribution >= 0.6 is 20.2 Å². The van der Waals surface area contributed by atoms with Crippen molar-refractivity contribution in [2.45, 2.75) is 50.6 Å². The summed E-state index contributed by atoms with van der Waals surface area (Å²) in [5.74, 6) is 0. The molecule has 45 heavy (non-hydrogen) atoms. The minimum absolute atomic E-state index is 0.122. The first kappa shape index (κ1) is 31.5. The average Bonchev–Trinajstić information content (AvgIpc) is 3.11. The fourth-order valence-electron chi connectivity index (χ4n) is 6.50. The third kappa shape index (κ3) is 7.65. The number of pyridine rings is 1. The molecule has 1 heterocycles. The maximum atomic E-state index is 5.45. The summed E-state index contributed by atoms with van der Waals surface area (Å²) in [6, 6.07) is 45.2. The van der Waals surface area contributed by atoms with Gasteiger partial charge in [-0.25, -0.2) is 4.98 Å². The van der Waals surface area contributed by atoms with Gasteiger partial charge in [0.25, 0.3) is 0 Å². The Labute approximate surface area is 281 Å². The molecule has 0 fully saturated rings. The van der Waals surface area contributed by atoms with Gasteiger partial charge >= 0.3 is 33.3 Å². The third-order valence-electron chi connectivity index (χ3n) is 8.57. The maximum absolute atomic E-state index is 5.45. The van der Waals surface area contributed by atoms with Crippen molar-refractivity contribution in [3.05, 3.63) is 172 Å². The Morgan fingerprint density at radius 2 is 0.933 bits per heavy atom. The Bertz CT molecular complexity index is 1650. The predicted octanol–water partition coefficient (Wildman–Crippen LogP) is 10.3. The molecule has 0 amide bonds. The zero-order valence-corrected chi connectivity index (χ0v) is 27.6. The number of rotatable bonds is 6. The monoisotopic (exact) mass is 671 g/mol. The molecule has 0 saturated heterocycles. The van der Waals surface area contributed by atoms with Gasteiger partial charge in [-0.3, -0.25) is 9.98 Å². The summed E-state index contributed by atoms with van der Waals surface area (Å²) in [5.41, 5.74) is 11.3. The van der Waals surface area contributed by atoms with Gasteiger partial charge < -0.3 is 0 Å². The number of fused-ring (bicyclic) bond motifs is 2. The number of nitrogens with zero attached hydrogens (tertiary/aromatic N) is 3. The average molecular weight is 672 g/mol. The number of aliphatic imine (C=N–C) groups is 2. The van der Waals surface area contributed by atoms with Crippen molar-refractivity contribution in [2.75, 3.05) is 0 Å². The van der Waals surface area contributed by atoms with Gasteiger partial charge in [0.05, 0.1) is 34.9 Å². The van der Waals surface area contributed by atoms with Gasteiger partial charge in [0, 0.05) is 11.1 Å². The van der Waals surface area contributed by atoms with Crippen LogP contribution in [-0.4, -0.2) is 16.4 Å². The second-order valence-corrected chi connectivity index (χ2v) is 13.2. The standard InChI is InChI=1S/C39H35N3.2ClH.Fe/c1-3-16-30(17-4-1)38(41-34-24-11-20-28-14-7-9-22-32(28)34)36-26-13-27-37(40-36)39(31-18-5-2-6-19-31)42-35-25-12-21-29-15-8-10-23-33(29)35;;;/h1-10,13-19,22-23,26-27,34-35H,11-12,20-21,24-25H2;2*1H;/q;;;+2/p-2. The second kappa shape index (κ2) is 15.7. The van der Waals surface area contributed by atoms with E-state index in [1.807, 2.05) is 0 Å². The molecule has 2 atom stereocenters. The Morgan fingerprint density at radius 1 is 0.533 bits per heavy atom. The molecule has 0 radical (unpaired) electrons. The Hall–Kier alpha value is -3.53. The zero-order chi connectivity index (χ0) is 30.8. The number of hydrogen-bond acceptors (Lipinski definition) is 3. The Kier molecular flexibility index (Phi) is 10.9. The second-order valence-electron chi connectivity index (χ2n) is 11.4. The molecule has 228 valence electrons.